The van der Waals surface area contributed by atoms with Crippen LogP contribution in [0.4, 0.5) is 11.6 Å². The van der Waals surface area contributed by atoms with Gasteiger partial charge in [0.1, 0.15) is 5.65 Å². The van der Waals surface area contributed by atoms with Gasteiger partial charge in [0.05, 0.1) is 5.02 Å². The molecule has 0 radical (unpaired) electrons. The van der Waals surface area contributed by atoms with Crippen LogP contribution in [0.5, 0.6) is 0 Å². The summed E-state index contributed by atoms with van der Waals surface area (Å²) >= 11 is 6.57. The number of rotatable bonds is 6. The summed E-state index contributed by atoms with van der Waals surface area (Å²) in [4.78, 5) is 35.8. The number of aromatic nitrogens is 3. The number of pyridine rings is 1. The number of carbonyl (C=O) groups is 1. The van der Waals surface area contributed by atoms with Gasteiger partial charge in [-0.2, -0.15) is 4.98 Å². The van der Waals surface area contributed by atoms with Crippen LogP contribution in [0.3, 0.4) is 0 Å². The predicted molar refractivity (Wildman–Crippen MR) is 119 cm³/mol. The maximum atomic E-state index is 13.4. The van der Waals surface area contributed by atoms with Gasteiger partial charge in [0.25, 0.3) is 5.56 Å². The molecule has 156 valence electrons. The molecule has 3 N–H and O–H groups in total. The average molecular weight is 427 g/mol. The zero-order valence-corrected chi connectivity index (χ0v) is 17.4. The Morgan fingerprint density at radius 1 is 1.23 bits per heavy atom. The number of hydrogen-bond donors (Lipinski definition) is 2. The summed E-state index contributed by atoms with van der Waals surface area (Å²) in [6.45, 7) is 1.58. The Bertz CT molecular complexity index is 1180. The average Bonchev–Trinajstić information content (AvgIpc) is 3.18. The SMILES string of the molecule is CNc1ncc2cc(-c3ccc(N4CCCC4=O)cc3Cl)c(=O)n(CCCN)c2n1. The van der Waals surface area contributed by atoms with Crippen molar-refractivity contribution in [3.63, 3.8) is 0 Å². The summed E-state index contributed by atoms with van der Waals surface area (Å²) < 4.78 is 1.62. The van der Waals surface area contributed by atoms with Crippen LogP contribution in [0.15, 0.2) is 35.3 Å². The van der Waals surface area contributed by atoms with Gasteiger partial charge in [0.15, 0.2) is 0 Å². The van der Waals surface area contributed by atoms with Crippen molar-refractivity contribution in [3.05, 3.63) is 45.8 Å². The van der Waals surface area contributed by atoms with Crippen molar-refractivity contribution in [2.45, 2.75) is 25.8 Å². The number of hydrogen-bond acceptors (Lipinski definition) is 6. The predicted octanol–water partition coefficient (Wildman–Crippen LogP) is 2.63. The molecule has 9 heteroatoms. The van der Waals surface area contributed by atoms with Crippen LogP contribution in [0, 0.1) is 0 Å². The van der Waals surface area contributed by atoms with Crippen LogP contribution in [-0.2, 0) is 11.3 Å². The highest BCUT2D eigenvalue weighted by atomic mass is 35.5. The summed E-state index contributed by atoms with van der Waals surface area (Å²) in [5.41, 5.74) is 7.85. The highest BCUT2D eigenvalue weighted by Gasteiger charge is 2.23. The van der Waals surface area contributed by atoms with Crippen LogP contribution in [0.1, 0.15) is 19.3 Å². The number of benzene rings is 1. The van der Waals surface area contributed by atoms with Crippen LogP contribution >= 0.6 is 11.6 Å². The molecule has 1 aliphatic heterocycles. The molecule has 1 fully saturated rings. The molecular formula is C21H23ClN6O2. The monoisotopic (exact) mass is 426 g/mol. The first-order chi connectivity index (χ1) is 14.5. The Morgan fingerprint density at radius 3 is 2.73 bits per heavy atom. The van der Waals surface area contributed by atoms with Gasteiger partial charge in [-0.1, -0.05) is 17.7 Å². The fraction of sp³-hybridized carbons (Fsp3) is 0.333. The number of halogens is 1. The van der Waals surface area contributed by atoms with E-state index in [1.807, 2.05) is 6.07 Å². The van der Waals surface area contributed by atoms with Crippen molar-refractivity contribution >= 4 is 40.2 Å². The van der Waals surface area contributed by atoms with Gasteiger partial charge < -0.3 is 16.0 Å². The topological polar surface area (TPSA) is 106 Å². The van der Waals surface area contributed by atoms with Crippen LogP contribution < -0.4 is 21.5 Å². The lowest BCUT2D eigenvalue weighted by Gasteiger charge is -2.18. The van der Waals surface area contributed by atoms with Crippen molar-refractivity contribution in [3.8, 4) is 11.1 Å². The first-order valence-corrected chi connectivity index (χ1v) is 10.3. The number of aryl methyl sites for hydroxylation is 1. The number of nitrogens with one attached hydrogen (secondary N) is 1. The zero-order valence-electron chi connectivity index (χ0n) is 16.7. The summed E-state index contributed by atoms with van der Waals surface area (Å²) in [6, 6.07) is 7.13. The van der Waals surface area contributed by atoms with Crippen LogP contribution in [0.2, 0.25) is 5.02 Å². The molecule has 0 atom stereocenters. The minimum absolute atomic E-state index is 0.0890. The molecule has 1 aromatic carbocycles. The van der Waals surface area contributed by atoms with Gasteiger partial charge in [0, 0.05) is 55.0 Å². The number of nitrogens with two attached hydrogens (primary N) is 1. The summed E-state index contributed by atoms with van der Waals surface area (Å²) in [7, 11) is 1.73. The number of nitrogens with zero attached hydrogens (tertiary/aromatic N) is 4. The van der Waals surface area contributed by atoms with Crippen molar-refractivity contribution in [1.82, 2.24) is 14.5 Å². The molecule has 1 amide bonds. The third kappa shape index (κ3) is 3.64. The molecule has 0 spiro atoms. The standard InChI is InChI=1S/C21H23ClN6O2/c1-24-21-25-12-13-10-16(20(30)28(9-3-7-23)19(13)26-21)15-6-5-14(11-17(15)22)27-8-2-4-18(27)29/h5-6,10-12H,2-4,7-9,23H2,1H3,(H,24,25,26). The third-order valence-electron chi connectivity index (χ3n) is 5.26. The van der Waals surface area contributed by atoms with Crippen molar-refractivity contribution in [1.29, 1.82) is 0 Å². The lowest BCUT2D eigenvalue weighted by Crippen LogP contribution is -2.25. The Labute approximate surface area is 178 Å². The third-order valence-corrected chi connectivity index (χ3v) is 5.58. The number of fused-ring (bicyclic) bond motifs is 1. The highest BCUT2D eigenvalue weighted by Crippen LogP contribution is 2.32. The Hall–Kier alpha value is -2.97. The molecule has 1 saturated heterocycles. The molecule has 0 saturated carbocycles. The molecule has 3 heterocycles. The zero-order chi connectivity index (χ0) is 21.3. The highest BCUT2D eigenvalue weighted by molar-refractivity contribution is 6.33. The van der Waals surface area contributed by atoms with Gasteiger partial charge in [0.2, 0.25) is 11.9 Å². The fourth-order valence-electron chi connectivity index (χ4n) is 3.74. The molecule has 0 aliphatic carbocycles. The second-order valence-corrected chi connectivity index (χ2v) is 7.60. The van der Waals surface area contributed by atoms with E-state index in [1.54, 1.807) is 40.9 Å². The minimum Gasteiger partial charge on any atom is -0.357 e. The maximum absolute atomic E-state index is 13.4. The second kappa shape index (κ2) is 8.41. The lowest BCUT2D eigenvalue weighted by atomic mass is 10.0. The van der Waals surface area contributed by atoms with E-state index in [-0.39, 0.29) is 11.5 Å². The van der Waals surface area contributed by atoms with E-state index in [0.29, 0.717) is 60.2 Å². The lowest BCUT2D eigenvalue weighted by molar-refractivity contribution is -0.117. The Kier molecular flexibility index (Phi) is 5.69. The number of anilines is 2. The molecule has 8 nitrogen and oxygen atoms in total. The quantitative estimate of drug-likeness (QED) is 0.627. The summed E-state index contributed by atoms with van der Waals surface area (Å²) in [6.07, 6.45) is 3.70. The molecular weight excluding hydrogens is 404 g/mol. The van der Waals surface area contributed by atoms with E-state index < -0.39 is 0 Å². The van der Waals surface area contributed by atoms with E-state index in [0.717, 1.165) is 17.5 Å². The van der Waals surface area contributed by atoms with E-state index in [2.05, 4.69) is 15.3 Å². The number of carbonyl (C=O) groups excluding carboxylic acids is 1. The molecule has 0 unspecified atom stereocenters. The normalized spacial score (nSPS) is 14.0. The van der Waals surface area contributed by atoms with Gasteiger partial charge in [-0.05, 0) is 37.6 Å². The van der Waals surface area contributed by atoms with Crippen molar-refractivity contribution in [2.75, 3.05) is 30.4 Å². The van der Waals surface area contributed by atoms with Gasteiger partial charge in [-0.15, -0.1) is 0 Å². The Balaban J connectivity index is 1.85. The van der Waals surface area contributed by atoms with Crippen LogP contribution in [-0.4, -0.2) is 40.6 Å². The second-order valence-electron chi connectivity index (χ2n) is 7.19. The molecule has 2 aromatic heterocycles. The summed E-state index contributed by atoms with van der Waals surface area (Å²) in [5, 5.41) is 4.05. The van der Waals surface area contributed by atoms with Crippen molar-refractivity contribution in [2.24, 2.45) is 5.73 Å². The minimum atomic E-state index is -0.191. The molecule has 4 rings (SSSR count). The Morgan fingerprint density at radius 2 is 2.07 bits per heavy atom. The van der Waals surface area contributed by atoms with E-state index in [1.165, 1.54) is 0 Å². The van der Waals surface area contributed by atoms with E-state index >= 15 is 0 Å². The number of amides is 1. The van der Waals surface area contributed by atoms with Gasteiger partial charge in [-0.25, -0.2) is 4.98 Å². The largest absolute Gasteiger partial charge is 0.357 e. The summed E-state index contributed by atoms with van der Waals surface area (Å²) in [5.74, 6) is 0.528. The smallest absolute Gasteiger partial charge is 0.260 e. The first kappa shape index (κ1) is 20.3. The first-order valence-electron chi connectivity index (χ1n) is 9.92. The van der Waals surface area contributed by atoms with Gasteiger partial charge in [-0.3, -0.25) is 14.2 Å². The van der Waals surface area contributed by atoms with Crippen molar-refractivity contribution < 1.29 is 4.79 Å². The maximum Gasteiger partial charge on any atom is 0.260 e. The van der Waals surface area contributed by atoms with E-state index in [9.17, 15) is 9.59 Å². The molecule has 1 aliphatic rings. The fourth-order valence-corrected chi connectivity index (χ4v) is 4.02. The molecule has 30 heavy (non-hydrogen) atoms. The molecule has 3 aromatic rings. The van der Waals surface area contributed by atoms with Gasteiger partial charge >= 0.3 is 0 Å². The van der Waals surface area contributed by atoms with E-state index in [4.69, 9.17) is 17.3 Å². The van der Waals surface area contributed by atoms with Crippen LogP contribution in [0.25, 0.3) is 22.2 Å². The molecule has 0 bridgehead atoms.